The zero-order valence-corrected chi connectivity index (χ0v) is 15.4. The highest BCUT2D eigenvalue weighted by atomic mass is 16.7. The highest BCUT2D eigenvalue weighted by Gasteiger charge is 2.30. The molecule has 2 N–H and O–H groups in total. The third kappa shape index (κ3) is 4.68. The third-order valence-corrected chi connectivity index (χ3v) is 5.19. The van der Waals surface area contributed by atoms with Gasteiger partial charge >= 0.3 is 0 Å². The van der Waals surface area contributed by atoms with Gasteiger partial charge in [-0.15, -0.1) is 0 Å². The molecule has 1 aliphatic carbocycles. The van der Waals surface area contributed by atoms with Gasteiger partial charge in [-0.1, -0.05) is 19.8 Å². The zero-order valence-electron chi connectivity index (χ0n) is 15.4. The summed E-state index contributed by atoms with van der Waals surface area (Å²) in [6, 6.07) is 5.41. The second-order valence-electron chi connectivity index (χ2n) is 7.10. The van der Waals surface area contributed by atoms with Gasteiger partial charge in [0, 0.05) is 30.1 Å². The monoisotopic (exact) mass is 360 g/mol. The maximum absolute atomic E-state index is 12.5. The van der Waals surface area contributed by atoms with E-state index in [1.807, 2.05) is 6.07 Å². The first kappa shape index (κ1) is 18.5. The van der Waals surface area contributed by atoms with E-state index in [4.69, 9.17) is 9.47 Å². The van der Waals surface area contributed by atoms with Gasteiger partial charge in [-0.2, -0.15) is 0 Å². The van der Waals surface area contributed by atoms with Crippen LogP contribution in [0.2, 0.25) is 0 Å². The highest BCUT2D eigenvalue weighted by Crippen LogP contribution is 2.35. The number of nitrogens with one attached hydrogen (secondary N) is 2. The molecule has 3 rings (SSSR count). The van der Waals surface area contributed by atoms with Crippen LogP contribution in [0.5, 0.6) is 11.5 Å². The van der Waals surface area contributed by atoms with E-state index in [9.17, 15) is 9.59 Å². The second-order valence-corrected chi connectivity index (χ2v) is 7.10. The molecule has 26 heavy (non-hydrogen) atoms. The van der Waals surface area contributed by atoms with Crippen molar-refractivity contribution in [2.75, 3.05) is 18.7 Å². The van der Waals surface area contributed by atoms with Crippen molar-refractivity contribution in [2.24, 2.45) is 11.8 Å². The quantitative estimate of drug-likeness (QED) is 0.730. The van der Waals surface area contributed by atoms with Crippen LogP contribution in [0, 0.1) is 11.8 Å². The average Bonchev–Trinajstić information content (AvgIpc) is 3.13. The lowest BCUT2D eigenvalue weighted by Crippen LogP contribution is -2.35. The predicted molar refractivity (Wildman–Crippen MR) is 99.2 cm³/mol. The topological polar surface area (TPSA) is 76.7 Å². The van der Waals surface area contributed by atoms with Crippen LogP contribution < -0.4 is 20.1 Å². The zero-order chi connectivity index (χ0) is 18.4. The average molecular weight is 360 g/mol. The number of fused-ring (bicyclic) bond motifs is 1. The molecule has 1 fully saturated rings. The van der Waals surface area contributed by atoms with Gasteiger partial charge < -0.3 is 20.1 Å². The van der Waals surface area contributed by atoms with Gasteiger partial charge in [0.2, 0.25) is 18.6 Å². The van der Waals surface area contributed by atoms with E-state index >= 15 is 0 Å². The Hall–Kier alpha value is -2.24. The molecular formula is C20H28N2O4. The molecule has 0 atom stereocenters. The van der Waals surface area contributed by atoms with E-state index in [1.165, 1.54) is 0 Å². The number of ether oxygens (including phenoxy) is 2. The number of carbonyl (C=O) groups is 2. The summed E-state index contributed by atoms with van der Waals surface area (Å²) < 4.78 is 10.6. The van der Waals surface area contributed by atoms with Gasteiger partial charge in [-0.05, 0) is 44.2 Å². The molecule has 0 unspecified atom stereocenters. The van der Waals surface area contributed by atoms with E-state index in [-0.39, 0.29) is 30.4 Å². The summed E-state index contributed by atoms with van der Waals surface area (Å²) in [4.78, 5) is 24.7. The summed E-state index contributed by atoms with van der Waals surface area (Å²) >= 11 is 0. The summed E-state index contributed by atoms with van der Waals surface area (Å²) in [7, 11) is 0. The molecular weight excluding hydrogens is 332 g/mol. The molecule has 0 aromatic heterocycles. The summed E-state index contributed by atoms with van der Waals surface area (Å²) in [6.45, 7) is 3.13. The van der Waals surface area contributed by atoms with Crippen molar-refractivity contribution in [1.82, 2.24) is 5.32 Å². The summed E-state index contributed by atoms with van der Waals surface area (Å²) in [5, 5.41) is 5.99. The molecule has 0 radical (unpaired) electrons. The molecule has 1 aromatic rings. The number of anilines is 1. The SMILES string of the molecule is CCCCCNC(=O)C1CCC(C(=O)Nc2ccc3c(c2)OCO3)CC1. The highest BCUT2D eigenvalue weighted by molar-refractivity contribution is 5.93. The summed E-state index contributed by atoms with van der Waals surface area (Å²) in [6.07, 6.45) is 6.40. The first-order valence-electron chi connectivity index (χ1n) is 9.65. The number of carbonyl (C=O) groups excluding carboxylic acids is 2. The van der Waals surface area contributed by atoms with Crippen molar-refractivity contribution in [3.8, 4) is 11.5 Å². The molecule has 6 heteroatoms. The maximum Gasteiger partial charge on any atom is 0.231 e. The molecule has 142 valence electrons. The molecule has 2 amide bonds. The van der Waals surface area contributed by atoms with E-state index < -0.39 is 0 Å². The Morgan fingerprint density at radius 3 is 2.42 bits per heavy atom. The van der Waals surface area contributed by atoms with Gasteiger partial charge in [0.15, 0.2) is 11.5 Å². The second kappa shape index (κ2) is 8.92. The number of benzene rings is 1. The molecule has 2 aliphatic rings. The smallest absolute Gasteiger partial charge is 0.231 e. The van der Waals surface area contributed by atoms with E-state index in [2.05, 4.69) is 17.6 Å². The van der Waals surface area contributed by atoms with Gasteiger partial charge in [-0.3, -0.25) is 9.59 Å². The fraction of sp³-hybridized carbons (Fsp3) is 0.600. The van der Waals surface area contributed by atoms with E-state index in [0.717, 1.165) is 57.2 Å². The molecule has 1 heterocycles. The van der Waals surface area contributed by atoms with Gasteiger partial charge in [-0.25, -0.2) is 0 Å². The minimum Gasteiger partial charge on any atom is -0.454 e. The largest absolute Gasteiger partial charge is 0.454 e. The van der Waals surface area contributed by atoms with Crippen LogP contribution in [0.3, 0.4) is 0 Å². The number of hydrogen-bond acceptors (Lipinski definition) is 4. The van der Waals surface area contributed by atoms with Gasteiger partial charge in [0.1, 0.15) is 0 Å². The Labute approximate surface area is 154 Å². The lowest BCUT2D eigenvalue weighted by molar-refractivity contribution is -0.128. The fourth-order valence-electron chi connectivity index (χ4n) is 3.57. The lowest BCUT2D eigenvalue weighted by atomic mass is 9.81. The molecule has 0 spiro atoms. The van der Waals surface area contributed by atoms with Crippen molar-refractivity contribution in [2.45, 2.75) is 51.9 Å². The van der Waals surface area contributed by atoms with Gasteiger partial charge in [0.05, 0.1) is 0 Å². The van der Waals surface area contributed by atoms with E-state index in [1.54, 1.807) is 12.1 Å². The Kier molecular flexibility index (Phi) is 6.36. The number of rotatable bonds is 7. The molecule has 0 bridgehead atoms. The summed E-state index contributed by atoms with van der Waals surface area (Å²) in [5.41, 5.74) is 0.718. The first-order valence-corrected chi connectivity index (χ1v) is 9.65. The first-order chi connectivity index (χ1) is 12.7. The predicted octanol–water partition coefficient (Wildman–Crippen LogP) is 3.47. The molecule has 1 saturated carbocycles. The van der Waals surface area contributed by atoms with Crippen LogP contribution >= 0.6 is 0 Å². The Bertz CT molecular complexity index is 639. The van der Waals surface area contributed by atoms with Crippen molar-refractivity contribution in [3.63, 3.8) is 0 Å². The maximum atomic E-state index is 12.5. The van der Waals surface area contributed by atoms with Crippen LogP contribution in [0.4, 0.5) is 5.69 Å². The normalized spacial score (nSPS) is 21.3. The molecule has 1 aromatic carbocycles. The Morgan fingerprint density at radius 1 is 1.00 bits per heavy atom. The minimum atomic E-state index is -0.0374. The van der Waals surface area contributed by atoms with Crippen molar-refractivity contribution in [1.29, 1.82) is 0 Å². The Morgan fingerprint density at radius 2 is 1.69 bits per heavy atom. The number of hydrogen-bond donors (Lipinski definition) is 2. The summed E-state index contributed by atoms with van der Waals surface area (Å²) in [5.74, 6) is 1.54. The van der Waals surface area contributed by atoms with Crippen LogP contribution in [0.25, 0.3) is 0 Å². The van der Waals surface area contributed by atoms with E-state index in [0.29, 0.717) is 11.5 Å². The lowest BCUT2D eigenvalue weighted by Gasteiger charge is -2.27. The minimum absolute atomic E-state index is 0.0191. The van der Waals surface area contributed by atoms with Crippen molar-refractivity contribution >= 4 is 17.5 Å². The van der Waals surface area contributed by atoms with Crippen molar-refractivity contribution < 1.29 is 19.1 Å². The number of unbranched alkanes of at least 4 members (excludes halogenated alkanes) is 2. The Balaban J connectivity index is 1.42. The van der Waals surface area contributed by atoms with Crippen LogP contribution in [0.15, 0.2) is 18.2 Å². The molecule has 6 nitrogen and oxygen atoms in total. The standard InChI is InChI=1S/C20H28N2O4/c1-2-3-4-11-21-19(23)14-5-7-15(8-6-14)20(24)22-16-9-10-17-18(12-16)26-13-25-17/h9-10,12,14-15H,2-8,11,13H2,1H3,(H,21,23)(H,22,24). The third-order valence-electron chi connectivity index (χ3n) is 5.19. The van der Waals surface area contributed by atoms with Crippen LogP contribution in [0.1, 0.15) is 51.9 Å². The molecule has 0 saturated heterocycles. The molecule has 1 aliphatic heterocycles. The van der Waals surface area contributed by atoms with Crippen molar-refractivity contribution in [3.05, 3.63) is 18.2 Å². The van der Waals surface area contributed by atoms with Gasteiger partial charge in [0.25, 0.3) is 0 Å². The fourth-order valence-corrected chi connectivity index (χ4v) is 3.57. The number of amides is 2. The van der Waals surface area contributed by atoms with Crippen LogP contribution in [-0.4, -0.2) is 25.2 Å². The van der Waals surface area contributed by atoms with Crippen LogP contribution in [-0.2, 0) is 9.59 Å².